The summed E-state index contributed by atoms with van der Waals surface area (Å²) in [5.41, 5.74) is 3.28. The third-order valence-corrected chi connectivity index (χ3v) is 7.27. The second-order valence-electron chi connectivity index (χ2n) is 8.86. The van der Waals surface area contributed by atoms with Gasteiger partial charge < -0.3 is 20.4 Å². The Hall–Kier alpha value is -2.77. The number of anilines is 2. The van der Waals surface area contributed by atoms with Crippen molar-refractivity contribution >= 4 is 58.0 Å². The molecule has 2 N–H and O–H groups in total. The Morgan fingerprint density at radius 2 is 1.57 bits per heavy atom. The molecule has 2 amide bonds. The third-order valence-electron chi connectivity index (χ3n) is 6.45. The number of carbonyl (C=O) groups excluding carboxylic acids is 2. The van der Waals surface area contributed by atoms with E-state index in [4.69, 9.17) is 34.8 Å². The molecule has 3 aromatic carbocycles. The van der Waals surface area contributed by atoms with Gasteiger partial charge in [0.25, 0.3) is 11.8 Å². The Morgan fingerprint density at radius 1 is 0.838 bits per heavy atom. The first kappa shape index (κ1) is 27.3. The van der Waals surface area contributed by atoms with Gasteiger partial charge in [0.2, 0.25) is 0 Å². The maximum atomic E-state index is 13.0. The molecule has 0 unspecified atom stereocenters. The van der Waals surface area contributed by atoms with Gasteiger partial charge >= 0.3 is 0 Å². The van der Waals surface area contributed by atoms with Crippen molar-refractivity contribution < 1.29 is 9.59 Å². The summed E-state index contributed by atoms with van der Waals surface area (Å²) < 4.78 is 0. The summed E-state index contributed by atoms with van der Waals surface area (Å²) in [5.74, 6) is -0.517. The maximum Gasteiger partial charge on any atom is 0.255 e. The predicted molar refractivity (Wildman–Crippen MR) is 153 cm³/mol. The largest absolute Gasteiger partial charge is 0.367 e. The van der Waals surface area contributed by atoms with Crippen LogP contribution in [-0.4, -0.2) is 56.0 Å². The van der Waals surface area contributed by atoms with Crippen molar-refractivity contribution in [2.45, 2.75) is 13.3 Å². The number of nitrogens with one attached hydrogen (secondary N) is 2. The van der Waals surface area contributed by atoms with E-state index < -0.39 is 0 Å². The van der Waals surface area contributed by atoms with E-state index >= 15 is 0 Å². The van der Waals surface area contributed by atoms with Crippen LogP contribution in [0.2, 0.25) is 15.1 Å². The molecule has 194 valence electrons. The van der Waals surface area contributed by atoms with E-state index in [0.717, 1.165) is 44.0 Å². The number of hydrogen-bond donors (Lipinski definition) is 2. The van der Waals surface area contributed by atoms with Crippen LogP contribution in [0, 0.1) is 0 Å². The molecule has 1 saturated heterocycles. The highest BCUT2D eigenvalue weighted by molar-refractivity contribution is 6.35. The standard InChI is InChI=1S/C28H29Cl3N4O2/c1-2-34-12-14-35(15-13-34)26-9-7-21(17-25(26)33-28(37)20-4-3-5-22(29)16-20)27(36)32-11-10-19-6-8-23(30)18-24(19)31/h3-9,16-18H,2,10-15H2,1H3,(H,32,36)(H,33,37). The number of benzene rings is 3. The Balaban J connectivity index is 1.51. The van der Waals surface area contributed by atoms with Gasteiger partial charge in [-0.2, -0.15) is 0 Å². The highest BCUT2D eigenvalue weighted by atomic mass is 35.5. The first-order valence-electron chi connectivity index (χ1n) is 12.2. The molecule has 3 aromatic rings. The lowest BCUT2D eigenvalue weighted by Crippen LogP contribution is -2.46. The first-order valence-corrected chi connectivity index (χ1v) is 13.4. The number of nitrogens with zero attached hydrogens (tertiary/aromatic N) is 2. The number of carbonyl (C=O) groups is 2. The van der Waals surface area contributed by atoms with Crippen LogP contribution < -0.4 is 15.5 Å². The fourth-order valence-corrected chi connectivity index (χ4v) is 5.01. The second-order valence-corrected chi connectivity index (χ2v) is 10.1. The van der Waals surface area contributed by atoms with Crippen molar-refractivity contribution in [2.24, 2.45) is 0 Å². The average Bonchev–Trinajstić information content (AvgIpc) is 2.90. The smallest absolute Gasteiger partial charge is 0.255 e. The molecule has 4 rings (SSSR count). The van der Waals surface area contributed by atoms with Crippen LogP contribution in [0.15, 0.2) is 60.7 Å². The molecular formula is C28H29Cl3N4O2. The molecule has 0 spiro atoms. The van der Waals surface area contributed by atoms with Crippen LogP contribution in [0.3, 0.4) is 0 Å². The molecule has 1 fully saturated rings. The molecule has 9 heteroatoms. The molecule has 1 heterocycles. The summed E-state index contributed by atoms with van der Waals surface area (Å²) in [7, 11) is 0. The quantitative estimate of drug-likeness (QED) is 0.355. The number of amides is 2. The van der Waals surface area contributed by atoms with Crippen LogP contribution in [0.5, 0.6) is 0 Å². The number of hydrogen-bond acceptors (Lipinski definition) is 4. The van der Waals surface area contributed by atoms with Gasteiger partial charge in [-0.3, -0.25) is 9.59 Å². The Morgan fingerprint density at radius 3 is 2.27 bits per heavy atom. The van der Waals surface area contributed by atoms with E-state index in [1.54, 1.807) is 48.5 Å². The summed E-state index contributed by atoms with van der Waals surface area (Å²) in [6.45, 7) is 7.11. The molecule has 6 nitrogen and oxygen atoms in total. The van der Waals surface area contributed by atoms with Crippen LogP contribution in [0.1, 0.15) is 33.2 Å². The van der Waals surface area contributed by atoms with Gasteiger partial charge in [0.15, 0.2) is 0 Å². The first-order chi connectivity index (χ1) is 17.8. The van der Waals surface area contributed by atoms with Gasteiger partial charge in [-0.05, 0) is 67.1 Å². The van der Waals surface area contributed by atoms with Gasteiger partial charge in [0.05, 0.1) is 11.4 Å². The molecule has 0 radical (unpaired) electrons. The zero-order valence-corrected chi connectivity index (χ0v) is 22.8. The Kier molecular flexibility index (Phi) is 9.33. The maximum absolute atomic E-state index is 13.0. The fourth-order valence-electron chi connectivity index (χ4n) is 4.32. The fraction of sp³-hybridized carbons (Fsp3) is 0.286. The monoisotopic (exact) mass is 558 g/mol. The lowest BCUT2D eigenvalue weighted by atomic mass is 10.1. The minimum Gasteiger partial charge on any atom is -0.367 e. The lowest BCUT2D eigenvalue weighted by molar-refractivity contribution is 0.0952. The molecule has 0 atom stereocenters. The van der Waals surface area contributed by atoms with E-state index in [1.807, 2.05) is 12.1 Å². The van der Waals surface area contributed by atoms with Crippen LogP contribution >= 0.6 is 34.8 Å². The summed E-state index contributed by atoms with van der Waals surface area (Å²) in [6, 6.07) is 17.5. The lowest BCUT2D eigenvalue weighted by Gasteiger charge is -2.36. The number of rotatable bonds is 8. The van der Waals surface area contributed by atoms with Crippen molar-refractivity contribution in [3.05, 3.63) is 92.4 Å². The third kappa shape index (κ3) is 7.17. The zero-order chi connectivity index (χ0) is 26.4. The highest BCUT2D eigenvalue weighted by Crippen LogP contribution is 2.29. The van der Waals surface area contributed by atoms with Crippen molar-refractivity contribution in [3.8, 4) is 0 Å². The van der Waals surface area contributed by atoms with E-state index in [2.05, 4.69) is 27.4 Å². The van der Waals surface area contributed by atoms with Crippen LogP contribution in [-0.2, 0) is 6.42 Å². The average molecular weight is 560 g/mol. The molecule has 0 aromatic heterocycles. The number of halogens is 3. The van der Waals surface area contributed by atoms with E-state index in [1.165, 1.54) is 0 Å². The van der Waals surface area contributed by atoms with E-state index in [-0.39, 0.29) is 11.8 Å². The summed E-state index contributed by atoms with van der Waals surface area (Å²) >= 11 is 18.3. The molecule has 1 aliphatic heterocycles. The molecule has 1 aliphatic rings. The molecule has 37 heavy (non-hydrogen) atoms. The molecule has 0 saturated carbocycles. The van der Waals surface area contributed by atoms with E-state index in [0.29, 0.717) is 44.8 Å². The van der Waals surface area contributed by atoms with Gasteiger partial charge in [-0.15, -0.1) is 0 Å². The second kappa shape index (κ2) is 12.7. The topological polar surface area (TPSA) is 64.7 Å². The zero-order valence-electron chi connectivity index (χ0n) is 20.6. The summed E-state index contributed by atoms with van der Waals surface area (Å²) in [5, 5.41) is 7.57. The highest BCUT2D eigenvalue weighted by Gasteiger charge is 2.21. The van der Waals surface area contributed by atoms with Crippen molar-refractivity contribution in [3.63, 3.8) is 0 Å². The molecular weight excluding hydrogens is 531 g/mol. The predicted octanol–water partition coefficient (Wildman–Crippen LogP) is 6.01. The van der Waals surface area contributed by atoms with E-state index in [9.17, 15) is 9.59 Å². The number of piperazine rings is 1. The van der Waals surface area contributed by atoms with Gasteiger partial charge in [-0.1, -0.05) is 53.9 Å². The van der Waals surface area contributed by atoms with Gasteiger partial charge in [-0.25, -0.2) is 0 Å². The van der Waals surface area contributed by atoms with Crippen molar-refractivity contribution in [1.29, 1.82) is 0 Å². The number of likely N-dealkylation sites (N-methyl/N-ethyl adjacent to an activating group) is 1. The normalized spacial score (nSPS) is 13.9. The Labute approximate surface area is 232 Å². The minimum atomic E-state index is -0.286. The van der Waals surface area contributed by atoms with Crippen LogP contribution in [0.25, 0.3) is 0 Å². The SMILES string of the molecule is CCN1CCN(c2ccc(C(=O)NCCc3ccc(Cl)cc3Cl)cc2NC(=O)c2cccc(Cl)c2)CC1. The summed E-state index contributed by atoms with van der Waals surface area (Å²) in [4.78, 5) is 30.7. The van der Waals surface area contributed by atoms with Crippen molar-refractivity contribution in [1.82, 2.24) is 10.2 Å². The van der Waals surface area contributed by atoms with Gasteiger partial charge in [0.1, 0.15) is 0 Å². The van der Waals surface area contributed by atoms with Gasteiger partial charge in [0, 0.05) is 58.9 Å². The summed E-state index contributed by atoms with van der Waals surface area (Å²) in [6.07, 6.45) is 0.569. The molecule has 0 bridgehead atoms. The van der Waals surface area contributed by atoms with Crippen LogP contribution in [0.4, 0.5) is 11.4 Å². The minimum absolute atomic E-state index is 0.231. The Bertz CT molecular complexity index is 1280. The molecule has 0 aliphatic carbocycles. The van der Waals surface area contributed by atoms with Crippen molar-refractivity contribution in [2.75, 3.05) is 49.5 Å².